The molecule has 0 unspecified atom stereocenters. The van der Waals surface area contributed by atoms with Gasteiger partial charge in [-0.3, -0.25) is 10.1 Å². The molecule has 0 radical (unpaired) electrons. The standard InChI is InChI=1S/C21H19N3O2S/c1-23(21(27)22-18-12-14-19(15-13-18)24(25)26)20(16-8-4-2-5-9-16)17-10-6-3-7-11-17/h2-15,20H,1H3,(H,22,27). The highest BCUT2D eigenvalue weighted by atomic mass is 32.1. The van der Waals surface area contributed by atoms with Gasteiger partial charge in [-0.05, 0) is 35.5 Å². The highest BCUT2D eigenvalue weighted by Gasteiger charge is 2.21. The Balaban J connectivity index is 1.84. The second-order valence-electron chi connectivity index (χ2n) is 6.07. The number of hydrogen-bond acceptors (Lipinski definition) is 3. The Morgan fingerprint density at radius 3 is 1.85 bits per heavy atom. The van der Waals surface area contributed by atoms with Crippen molar-refractivity contribution < 1.29 is 4.92 Å². The number of nitrogens with one attached hydrogen (secondary N) is 1. The SMILES string of the molecule is CN(C(=S)Nc1ccc([N+](=O)[O-])cc1)C(c1ccccc1)c1ccccc1. The van der Waals surface area contributed by atoms with E-state index in [4.69, 9.17) is 12.2 Å². The fourth-order valence-electron chi connectivity index (χ4n) is 2.91. The minimum Gasteiger partial charge on any atom is -0.341 e. The van der Waals surface area contributed by atoms with E-state index in [9.17, 15) is 10.1 Å². The summed E-state index contributed by atoms with van der Waals surface area (Å²) in [6.45, 7) is 0. The number of nitrogens with zero attached hydrogens (tertiary/aromatic N) is 2. The average Bonchev–Trinajstić information content (AvgIpc) is 2.70. The molecular weight excluding hydrogens is 358 g/mol. The van der Waals surface area contributed by atoms with Gasteiger partial charge < -0.3 is 10.2 Å². The largest absolute Gasteiger partial charge is 0.341 e. The third kappa shape index (κ3) is 4.48. The van der Waals surface area contributed by atoms with Crippen LogP contribution in [0.25, 0.3) is 0 Å². The molecule has 5 nitrogen and oxygen atoms in total. The Morgan fingerprint density at radius 2 is 1.41 bits per heavy atom. The van der Waals surface area contributed by atoms with Gasteiger partial charge in [0, 0.05) is 24.9 Å². The Morgan fingerprint density at radius 1 is 0.926 bits per heavy atom. The zero-order valence-electron chi connectivity index (χ0n) is 14.8. The van der Waals surface area contributed by atoms with Crippen LogP contribution in [0.1, 0.15) is 17.2 Å². The molecule has 0 saturated carbocycles. The lowest BCUT2D eigenvalue weighted by molar-refractivity contribution is -0.384. The van der Waals surface area contributed by atoms with Crippen molar-refractivity contribution in [3.8, 4) is 0 Å². The maximum atomic E-state index is 10.8. The van der Waals surface area contributed by atoms with E-state index >= 15 is 0 Å². The molecule has 27 heavy (non-hydrogen) atoms. The van der Waals surface area contributed by atoms with Crippen LogP contribution < -0.4 is 5.32 Å². The van der Waals surface area contributed by atoms with E-state index in [-0.39, 0.29) is 11.7 Å². The normalized spacial score (nSPS) is 10.4. The predicted octanol–water partition coefficient (Wildman–Crippen LogP) is 5.01. The first-order chi connectivity index (χ1) is 13.1. The van der Waals surface area contributed by atoms with E-state index in [0.717, 1.165) is 11.1 Å². The molecule has 3 aromatic rings. The Labute approximate surface area is 163 Å². The van der Waals surface area contributed by atoms with Gasteiger partial charge in [0.05, 0.1) is 11.0 Å². The van der Waals surface area contributed by atoms with Crippen LogP contribution in [0.3, 0.4) is 0 Å². The van der Waals surface area contributed by atoms with Gasteiger partial charge in [-0.2, -0.15) is 0 Å². The van der Waals surface area contributed by atoms with Gasteiger partial charge in [0.1, 0.15) is 0 Å². The summed E-state index contributed by atoms with van der Waals surface area (Å²) in [4.78, 5) is 12.4. The Hall–Kier alpha value is -3.25. The second kappa shape index (κ2) is 8.42. The first-order valence-electron chi connectivity index (χ1n) is 8.44. The number of nitro benzene ring substituents is 1. The number of thiocarbonyl (C=S) groups is 1. The highest BCUT2D eigenvalue weighted by molar-refractivity contribution is 7.80. The molecule has 3 aromatic carbocycles. The third-order valence-corrected chi connectivity index (χ3v) is 4.66. The number of nitro groups is 1. The highest BCUT2D eigenvalue weighted by Crippen LogP contribution is 2.28. The first-order valence-corrected chi connectivity index (χ1v) is 8.85. The number of hydrogen-bond donors (Lipinski definition) is 1. The maximum absolute atomic E-state index is 10.8. The van der Waals surface area contributed by atoms with Crippen LogP contribution >= 0.6 is 12.2 Å². The quantitative estimate of drug-likeness (QED) is 0.385. The molecule has 0 aliphatic rings. The summed E-state index contributed by atoms with van der Waals surface area (Å²) < 4.78 is 0. The van der Waals surface area contributed by atoms with E-state index in [1.807, 2.05) is 48.3 Å². The summed E-state index contributed by atoms with van der Waals surface area (Å²) in [5, 5.41) is 14.5. The van der Waals surface area contributed by atoms with Crippen molar-refractivity contribution in [2.45, 2.75) is 6.04 Å². The van der Waals surface area contributed by atoms with E-state index in [1.165, 1.54) is 12.1 Å². The van der Waals surface area contributed by atoms with E-state index in [0.29, 0.717) is 10.8 Å². The van der Waals surface area contributed by atoms with Crippen LogP contribution in [0, 0.1) is 10.1 Å². The number of anilines is 1. The molecule has 0 atom stereocenters. The monoisotopic (exact) mass is 377 g/mol. The van der Waals surface area contributed by atoms with Crippen LogP contribution in [-0.4, -0.2) is 22.0 Å². The molecule has 0 fully saturated rings. The topological polar surface area (TPSA) is 58.4 Å². The lowest BCUT2D eigenvalue weighted by Gasteiger charge is -2.31. The molecule has 6 heteroatoms. The van der Waals surface area contributed by atoms with Crippen LogP contribution in [0.15, 0.2) is 84.9 Å². The van der Waals surface area contributed by atoms with Crippen LogP contribution in [0.5, 0.6) is 0 Å². The summed E-state index contributed by atoms with van der Waals surface area (Å²) >= 11 is 5.60. The van der Waals surface area contributed by atoms with E-state index in [2.05, 4.69) is 29.6 Å². The van der Waals surface area contributed by atoms with Crippen molar-refractivity contribution >= 4 is 28.7 Å². The van der Waals surface area contributed by atoms with Crippen LogP contribution in [0.2, 0.25) is 0 Å². The minimum absolute atomic E-state index is 0.0475. The molecule has 1 N–H and O–H groups in total. The molecule has 0 heterocycles. The fourth-order valence-corrected chi connectivity index (χ4v) is 3.13. The second-order valence-corrected chi connectivity index (χ2v) is 6.46. The molecular formula is C21H19N3O2S. The predicted molar refractivity (Wildman–Crippen MR) is 112 cm³/mol. The first kappa shape index (κ1) is 18.5. The molecule has 0 amide bonds. The summed E-state index contributed by atoms with van der Waals surface area (Å²) in [5.74, 6) is 0. The van der Waals surface area contributed by atoms with E-state index in [1.54, 1.807) is 12.1 Å². The third-order valence-electron chi connectivity index (χ3n) is 4.27. The Bertz CT molecular complexity index is 876. The number of rotatable bonds is 5. The molecule has 0 saturated heterocycles. The van der Waals surface area contributed by atoms with Gasteiger partial charge in [-0.25, -0.2) is 0 Å². The van der Waals surface area contributed by atoms with Gasteiger partial charge in [0.15, 0.2) is 5.11 Å². The summed E-state index contributed by atoms with van der Waals surface area (Å²) in [6.07, 6.45) is 0. The van der Waals surface area contributed by atoms with Crippen molar-refractivity contribution in [1.82, 2.24) is 4.90 Å². The molecule has 0 spiro atoms. The summed E-state index contributed by atoms with van der Waals surface area (Å²) in [7, 11) is 1.94. The molecule has 136 valence electrons. The fraction of sp³-hybridized carbons (Fsp3) is 0.0952. The zero-order chi connectivity index (χ0) is 19.2. The van der Waals surface area contributed by atoms with Gasteiger partial charge in [-0.1, -0.05) is 60.7 Å². The number of benzene rings is 3. The van der Waals surface area contributed by atoms with Crippen molar-refractivity contribution in [1.29, 1.82) is 0 Å². The van der Waals surface area contributed by atoms with Gasteiger partial charge >= 0.3 is 0 Å². The molecule has 3 rings (SSSR count). The van der Waals surface area contributed by atoms with Crippen LogP contribution in [-0.2, 0) is 0 Å². The zero-order valence-corrected chi connectivity index (χ0v) is 15.6. The van der Waals surface area contributed by atoms with Crippen molar-refractivity contribution in [2.75, 3.05) is 12.4 Å². The number of non-ortho nitro benzene ring substituents is 1. The van der Waals surface area contributed by atoms with Gasteiger partial charge in [-0.15, -0.1) is 0 Å². The van der Waals surface area contributed by atoms with Crippen molar-refractivity contribution in [2.24, 2.45) is 0 Å². The summed E-state index contributed by atoms with van der Waals surface area (Å²) in [5.41, 5.74) is 3.00. The average molecular weight is 377 g/mol. The van der Waals surface area contributed by atoms with Crippen LogP contribution in [0.4, 0.5) is 11.4 Å². The van der Waals surface area contributed by atoms with Crippen molar-refractivity contribution in [3.05, 3.63) is 106 Å². The maximum Gasteiger partial charge on any atom is 0.269 e. The smallest absolute Gasteiger partial charge is 0.269 e. The van der Waals surface area contributed by atoms with E-state index < -0.39 is 4.92 Å². The lowest BCUT2D eigenvalue weighted by Crippen LogP contribution is -2.35. The Kier molecular flexibility index (Phi) is 5.78. The molecule has 0 aliphatic carbocycles. The van der Waals surface area contributed by atoms with Gasteiger partial charge in [0.2, 0.25) is 0 Å². The van der Waals surface area contributed by atoms with Gasteiger partial charge in [0.25, 0.3) is 5.69 Å². The molecule has 0 bridgehead atoms. The summed E-state index contributed by atoms with van der Waals surface area (Å²) in [6, 6.07) is 26.4. The lowest BCUT2D eigenvalue weighted by atomic mass is 9.98. The minimum atomic E-state index is -0.422. The molecule has 0 aromatic heterocycles. The molecule has 0 aliphatic heterocycles. The van der Waals surface area contributed by atoms with Crippen molar-refractivity contribution in [3.63, 3.8) is 0 Å².